The minimum Gasteiger partial charge on any atom is -0.457 e. The average Bonchev–Trinajstić information content (AvgIpc) is 2.46. The summed E-state index contributed by atoms with van der Waals surface area (Å²) in [7, 11) is 0. The van der Waals surface area contributed by atoms with Crippen LogP contribution >= 0.6 is 23.2 Å². The van der Waals surface area contributed by atoms with Gasteiger partial charge in [-0.1, -0.05) is 35.3 Å². The molecule has 0 aliphatic carbocycles. The van der Waals surface area contributed by atoms with E-state index in [4.69, 9.17) is 33.7 Å². The van der Waals surface area contributed by atoms with Crippen LogP contribution in [-0.4, -0.2) is 12.0 Å². The molecule has 7 heteroatoms. The zero-order valence-electron chi connectivity index (χ0n) is 11.3. The summed E-state index contributed by atoms with van der Waals surface area (Å²) in [6, 6.07) is 10.5. The molecule has 0 unspecified atom stereocenters. The lowest BCUT2D eigenvalue weighted by molar-refractivity contribution is 0.0473. The number of ether oxygens (including phenoxy) is 1. The van der Waals surface area contributed by atoms with E-state index in [1.54, 1.807) is 36.4 Å². The Kier molecular flexibility index (Phi) is 5.25. The molecule has 0 bridgehead atoms. The summed E-state index contributed by atoms with van der Waals surface area (Å²) in [5.41, 5.74) is 6.23. The van der Waals surface area contributed by atoms with Gasteiger partial charge in [0.2, 0.25) is 0 Å². The number of hydrogen-bond donors (Lipinski definition) is 2. The first-order valence-electron chi connectivity index (χ1n) is 6.24. The molecule has 0 fully saturated rings. The first-order chi connectivity index (χ1) is 10.5. The van der Waals surface area contributed by atoms with E-state index >= 15 is 0 Å². The van der Waals surface area contributed by atoms with Crippen LogP contribution in [0.4, 0.5) is 10.5 Å². The van der Waals surface area contributed by atoms with E-state index in [0.29, 0.717) is 21.3 Å². The summed E-state index contributed by atoms with van der Waals surface area (Å²) in [5, 5.41) is 3.22. The van der Waals surface area contributed by atoms with Gasteiger partial charge in [-0.2, -0.15) is 0 Å². The van der Waals surface area contributed by atoms with Gasteiger partial charge >= 0.3 is 12.0 Å². The first kappa shape index (κ1) is 16.1. The summed E-state index contributed by atoms with van der Waals surface area (Å²) in [6.07, 6.45) is 0. The molecule has 0 radical (unpaired) electrons. The number of nitrogens with one attached hydrogen (secondary N) is 1. The second-order valence-electron chi connectivity index (χ2n) is 4.35. The number of carbonyl (C=O) groups excluding carboxylic acids is 2. The second-order valence-corrected chi connectivity index (χ2v) is 5.16. The third-order valence-electron chi connectivity index (χ3n) is 2.78. The van der Waals surface area contributed by atoms with Crippen LogP contribution in [0.3, 0.4) is 0 Å². The Balaban J connectivity index is 2.08. The van der Waals surface area contributed by atoms with Gasteiger partial charge in [0, 0.05) is 21.3 Å². The zero-order valence-corrected chi connectivity index (χ0v) is 12.8. The molecule has 0 aliphatic rings. The maximum Gasteiger partial charge on any atom is 0.338 e. The Morgan fingerprint density at radius 1 is 1.09 bits per heavy atom. The highest BCUT2D eigenvalue weighted by molar-refractivity contribution is 6.35. The average molecular weight is 339 g/mol. The molecule has 0 saturated carbocycles. The van der Waals surface area contributed by atoms with Crippen LogP contribution in [-0.2, 0) is 11.3 Å². The molecule has 0 spiro atoms. The predicted octanol–water partition coefficient (Wildman–Crippen LogP) is 3.84. The van der Waals surface area contributed by atoms with Crippen molar-refractivity contribution in [1.29, 1.82) is 0 Å². The smallest absolute Gasteiger partial charge is 0.338 e. The second kappa shape index (κ2) is 7.15. The maximum atomic E-state index is 12.0. The van der Waals surface area contributed by atoms with Crippen molar-refractivity contribution in [3.63, 3.8) is 0 Å². The number of amides is 2. The van der Waals surface area contributed by atoms with E-state index in [2.05, 4.69) is 5.32 Å². The molecule has 2 amide bonds. The number of rotatable bonds is 4. The molecule has 3 N–H and O–H groups in total. The molecule has 0 aliphatic heterocycles. The van der Waals surface area contributed by atoms with Crippen LogP contribution in [0.25, 0.3) is 0 Å². The SMILES string of the molecule is NC(=O)Nc1cccc(C(=O)OCc2c(Cl)cccc2Cl)c1. The Bertz CT molecular complexity index is 699. The zero-order chi connectivity index (χ0) is 16.1. The van der Waals surface area contributed by atoms with Gasteiger partial charge < -0.3 is 15.8 Å². The number of hydrogen-bond acceptors (Lipinski definition) is 3. The fourth-order valence-corrected chi connectivity index (χ4v) is 2.26. The van der Waals surface area contributed by atoms with Crippen molar-refractivity contribution < 1.29 is 14.3 Å². The van der Waals surface area contributed by atoms with E-state index in [1.165, 1.54) is 6.07 Å². The fraction of sp³-hybridized carbons (Fsp3) is 0.0667. The molecule has 5 nitrogen and oxygen atoms in total. The highest BCUT2D eigenvalue weighted by Gasteiger charge is 2.12. The van der Waals surface area contributed by atoms with Crippen molar-refractivity contribution in [2.45, 2.75) is 6.61 Å². The van der Waals surface area contributed by atoms with Gasteiger partial charge in [-0.25, -0.2) is 9.59 Å². The summed E-state index contributed by atoms with van der Waals surface area (Å²) in [5.74, 6) is -0.566. The van der Waals surface area contributed by atoms with Crippen molar-refractivity contribution >= 4 is 40.9 Å². The van der Waals surface area contributed by atoms with Crippen molar-refractivity contribution in [2.75, 3.05) is 5.32 Å². The molecule has 0 atom stereocenters. The Morgan fingerprint density at radius 2 is 1.73 bits per heavy atom. The normalized spacial score (nSPS) is 10.1. The third kappa shape index (κ3) is 4.13. The summed E-state index contributed by atoms with van der Waals surface area (Å²) in [6.45, 7) is -0.0508. The number of nitrogens with two attached hydrogens (primary N) is 1. The fourth-order valence-electron chi connectivity index (χ4n) is 1.76. The Morgan fingerprint density at radius 3 is 2.36 bits per heavy atom. The van der Waals surface area contributed by atoms with Gasteiger partial charge in [-0.15, -0.1) is 0 Å². The van der Waals surface area contributed by atoms with Gasteiger partial charge in [0.15, 0.2) is 0 Å². The standard InChI is InChI=1S/C15H12Cl2N2O3/c16-12-5-2-6-13(17)11(12)8-22-14(20)9-3-1-4-10(7-9)19-15(18)21/h1-7H,8H2,(H3,18,19,21). The van der Waals surface area contributed by atoms with E-state index in [0.717, 1.165) is 0 Å². The van der Waals surface area contributed by atoms with Crippen LogP contribution in [0.5, 0.6) is 0 Å². The van der Waals surface area contributed by atoms with E-state index < -0.39 is 12.0 Å². The van der Waals surface area contributed by atoms with E-state index in [9.17, 15) is 9.59 Å². The monoisotopic (exact) mass is 338 g/mol. The van der Waals surface area contributed by atoms with Crippen molar-refractivity contribution in [3.05, 3.63) is 63.6 Å². The summed E-state index contributed by atoms with van der Waals surface area (Å²) >= 11 is 12.0. The van der Waals surface area contributed by atoms with Crippen LogP contribution in [0.1, 0.15) is 15.9 Å². The molecular weight excluding hydrogens is 327 g/mol. The third-order valence-corrected chi connectivity index (χ3v) is 3.48. The van der Waals surface area contributed by atoms with Crippen LogP contribution in [0.2, 0.25) is 10.0 Å². The predicted molar refractivity (Wildman–Crippen MR) is 85.2 cm³/mol. The van der Waals surface area contributed by atoms with Crippen molar-refractivity contribution in [3.8, 4) is 0 Å². The summed E-state index contributed by atoms with van der Waals surface area (Å²) < 4.78 is 5.18. The quantitative estimate of drug-likeness (QED) is 0.831. The number of benzene rings is 2. The largest absolute Gasteiger partial charge is 0.457 e. The molecule has 2 aromatic rings. The lowest BCUT2D eigenvalue weighted by atomic mass is 10.2. The highest BCUT2D eigenvalue weighted by atomic mass is 35.5. The molecule has 0 aromatic heterocycles. The lowest BCUT2D eigenvalue weighted by Gasteiger charge is -2.09. The number of halogens is 2. The van der Waals surface area contributed by atoms with E-state index in [1.807, 2.05) is 0 Å². The van der Waals surface area contributed by atoms with Gasteiger partial charge in [-0.05, 0) is 30.3 Å². The number of primary amides is 1. The molecule has 2 aromatic carbocycles. The van der Waals surface area contributed by atoms with Crippen LogP contribution in [0, 0.1) is 0 Å². The first-order valence-corrected chi connectivity index (χ1v) is 6.99. The van der Waals surface area contributed by atoms with Gasteiger partial charge in [0.25, 0.3) is 0 Å². The Labute approximate surface area is 137 Å². The van der Waals surface area contributed by atoms with Crippen LogP contribution < -0.4 is 11.1 Å². The minimum atomic E-state index is -0.714. The Hall–Kier alpha value is -2.24. The molecule has 2 rings (SSSR count). The van der Waals surface area contributed by atoms with Gasteiger partial charge in [-0.3, -0.25) is 0 Å². The van der Waals surface area contributed by atoms with Crippen molar-refractivity contribution in [2.24, 2.45) is 5.73 Å². The van der Waals surface area contributed by atoms with E-state index in [-0.39, 0.29) is 12.2 Å². The number of carbonyl (C=O) groups is 2. The topological polar surface area (TPSA) is 81.4 Å². The molecule has 0 saturated heterocycles. The minimum absolute atomic E-state index is 0.0508. The van der Waals surface area contributed by atoms with Crippen LogP contribution in [0.15, 0.2) is 42.5 Å². The summed E-state index contributed by atoms with van der Waals surface area (Å²) in [4.78, 5) is 22.8. The molecule has 0 heterocycles. The molecular formula is C15H12Cl2N2O3. The highest BCUT2D eigenvalue weighted by Crippen LogP contribution is 2.25. The van der Waals surface area contributed by atoms with Gasteiger partial charge in [0.1, 0.15) is 6.61 Å². The number of urea groups is 1. The maximum absolute atomic E-state index is 12.0. The number of anilines is 1. The van der Waals surface area contributed by atoms with Crippen molar-refractivity contribution in [1.82, 2.24) is 0 Å². The molecule has 114 valence electrons. The number of esters is 1. The lowest BCUT2D eigenvalue weighted by Crippen LogP contribution is -2.19. The van der Waals surface area contributed by atoms with Gasteiger partial charge in [0.05, 0.1) is 5.56 Å². The molecule has 22 heavy (non-hydrogen) atoms.